The monoisotopic (exact) mass is 314 g/mol. The highest BCUT2D eigenvalue weighted by atomic mass is 79.9. The molecule has 0 aliphatic carbocycles. The molecular formula is C12H15BrN2O3. The van der Waals surface area contributed by atoms with Crippen LogP contribution in [0.4, 0.5) is 0 Å². The van der Waals surface area contributed by atoms with Crippen LogP contribution in [0.5, 0.6) is 0 Å². The Morgan fingerprint density at radius 2 is 2.11 bits per heavy atom. The molecule has 1 aromatic heterocycles. The molecule has 0 atom stereocenters. The smallest absolute Gasteiger partial charge is 0.357 e. The van der Waals surface area contributed by atoms with E-state index in [1.54, 1.807) is 24.1 Å². The molecule has 0 unspecified atom stereocenters. The van der Waals surface area contributed by atoms with Crippen molar-refractivity contribution in [2.45, 2.75) is 13.3 Å². The molecule has 0 aliphatic heterocycles. The fraction of sp³-hybridized carbons (Fsp3) is 0.417. The zero-order valence-electron chi connectivity index (χ0n) is 10.6. The number of pyridine rings is 1. The summed E-state index contributed by atoms with van der Waals surface area (Å²) in [6, 6.07) is 3.19. The van der Waals surface area contributed by atoms with Crippen LogP contribution in [0.3, 0.4) is 0 Å². The molecule has 5 nitrogen and oxygen atoms in total. The van der Waals surface area contributed by atoms with Crippen molar-refractivity contribution >= 4 is 27.8 Å². The van der Waals surface area contributed by atoms with E-state index in [0.717, 1.165) is 6.42 Å². The molecule has 0 aromatic carbocycles. The van der Waals surface area contributed by atoms with Crippen LogP contribution in [0.15, 0.2) is 16.6 Å². The van der Waals surface area contributed by atoms with E-state index in [4.69, 9.17) is 0 Å². The first-order chi connectivity index (χ1) is 8.51. The number of halogens is 1. The summed E-state index contributed by atoms with van der Waals surface area (Å²) in [5, 5.41) is 0. The Morgan fingerprint density at radius 1 is 1.44 bits per heavy atom. The van der Waals surface area contributed by atoms with Crippen molar-refractivity contribution in [1.29, 1.82) is 0 Å². The van der Waals surface area contributed by atoms with Gasteiger partial charge in [0.2, 0.25) is 0 Å². The topological polar surface area (TPSA) is 59.5 Å². The first-order valence-electron chi connectivity index (χ1n) is 5.51. The quantitative estimate of drug-likeness (QED) is 0.799. The summed E-state index contributed by atoms with van der Waals surface area (Å²) < 4.78 is 5.11. The first-order valence-corrected chi connectivity index (χ1v) is 6.30. The lowest BCUT2D eigenvalue weighted by atomic mass is 10.2. The molecular weight excluding hydrogens is 300 g/mol. The molecule has 0 saturated carbocycles. The third-order valence-electron chi connectivity index (χ3n) is 2.35. The zero-order chi connectivity index (χ0) is 13.7. The van der Waals surface area contributed by atoms with E-state index in [9.17, 15) is 9.59 Å². The number of nitrogens with zero attached hydrogens (tertiary/aromatic N) is 2. The molecule has 1 aromatic rings. The van der Waals surface area contributed by atoms with Crippen LogP contribution < -0.4 is 0 Å². The summed E-state index contributed by atoms with van der Waals surface area (Å²) in [5.74, 6) is -0.788. The number of ether oxygens (including phenoxy) is 1. The van der Waals surface area contributed by atoms with E-state index in [2.05, 4.69) is 25.7 Å². The molecule has 0 N–H and O–H groups in total. The highest BCUT2D eigenvalue weighted by Gasteiger charge is 2.18. The molecule has 0 fully saturated rings. The maximum atomic E-state index is 12.0. The summed E-state index contributed by atoms with van der Waals surface area (Å²) in [6.07, 6.45) is 0.864. The van der Waals surface area contributed by atoms with Crippen molar-refractivity contribution < 1.29 is 14.3 Å². The lowest BCUT2D eigenvalue weighted by Crippen LogP contribution is -2.28. The fourth-order valence-corrected chi connectivity index (χ4v) is 1.82. The predicted molar refractivity (Wildman–Crippen MR) is 70.5 cm³/mol. The highest BCUT2D eigenvalue weighted by molar-refractivity contribution is 9.10. The van der Waals surface area contributed by atoms with Crippen molar-refractivity contribution in [2.75, 3.05) is 20.7 Å². The van der Waals surface area contributed by atoms with Crippen molar-refractivity contribution in [3.63, 3.8) is 0 Å². The summed E-state index contributed by atoms with van der Waals surface area (Å²) in [4.78, 5) is 29.1. The largest absolute Gasteiger partial charge is 0.464 e. The van der Waals surface area contributed by atoms with E-state index in [-0.39, 0.29) is 17.3 Å². The Hall–Kier alpha value is -1.43. The average Bonchev–Trinajstić information content (AvgIpc) is 2.38. The highest BCUT2D eigenvalue weighted by Crippen LogP contribution is 2.16. The Bertz CT molecular complexity index is 463. The first kappa shape index (κ1) is 14.6. The molecule has 0 radical (unpaired) electrons. The van der Waals surface area contributed by atoms with Gasteiger partial charge in [-0.05, 0) is 34.5 Å². The molecule has 1 heterocycles. The van der Waals surface area contributed by atoms with Crippen LogP contribution in [-0.2, 0) is 4.74 Å². The predicted octanol–water partition coefficient (Wildman–Crippen LogP) is 2.11. The number of carbonyl (C=O) groups excluding carboxylic acids is 2. The van der Waals surface area contributed by atoms with E-state index in [1.807, 2.05) is 6.92 Å². The fourth-order valence-electron chi connectivity index (χ4n) is 1.43. The van der Waals surface area contributed by atoms with Gasteiger partial charge in [0, 0.05) is 13.6 Å². The van der Waals surface area contributed by atoms with Crippen LogP contribution in [-0.4, -0.2) is 42.5 Å². The lowest BCUT2D eigenvalue weighted by molar-refractivity contribution is 0.0592. The molecule has 0 bridgehead atoms. The minimum Gasteiger partial charge on any atom is -0.464 e. The van der Waals surface area contributed by atoms with Crippen molar-refractivity contribution in [2.24, 2.45) is 0 Å². The molecule has 1 amide bonds. The summed E-state index contributed by atoms with van der Waals surface area (Å²) in [5.41, 5.74) is 0.336. The number of aromatic nitrogens is 1. The minimum atomic E-state index is -0.574. The summed E-state index contributed by atoms with van der Waals surface area (Å²) in [7, 11) is 2.97. The van der Waals surface area contributed by atoms with Gasteiger partial charge in [0.1, 0.15) is 5.69 Å². The molecule has 0 saturated heterocycles. The van der Waals surface area contributed by atoms with Gasteiger partial charge in [0.25, 0.3) is 5.91 Å². The maximum Gasteiger partial charge on any atom is 0.357 e. The Balaban J connectivity index is 3.05. The van der Waals surface area contributed by atoms with Crippen LogP contribution in [0.1, 0.15) is 34.3 Å². The Kier molecular flexibility index (Phi) is 5.27. The second kappa shape index (κ2) is 6.49. The number of amides is 1. The third kappa shape index (κ3) is 3.29. The van der Waals surface area contributed by atoms with Crippen molar-refractivity contribution in [1.82, 2.24) is 9.88 Å². The molecule has 98 valence electrons. The van der Waals surface area contributed by atoms with Gasteiger partial charge in [-0.1, -0.05) is 6.92 Å². The number of carbonyl (C=O) groups is 2. The lowest BCUT2D eigenvalue weighted by Gasteiger charge is -2.15. The van der Waals surface area contributed by atoms with Crippen LogP contribution in [0.25, 0.3) is 0 Å². The molecule has 0 spiro atoms. The van der Waals surface area contributed by atoms with E-state index < -0.39 is 5.97 Å². The second-order valence-electron chi connectivity index (χ2n) is 3.75. The van der Waals surface area contributed by atoms with E-state index >= 15 is 0 Å². The van der Waals surface area contributed by atoms with Gasteiger partial charge in [0.05, 0.1) is 11.6 Å². The van der Waals surface area contributed by atoms with E-state index in [1.165, 1.54) is 7.11 Å². The zero-order valence-corrected chi connectivity index (χ0v) is 12.2. The number of rotatable bonds is 4. The van der Waals surface area contributed by atoms with Gasteiger partial charge in [-0.25, -0.2) is 9.78 Å². The van der Waals surface area contributed by atoms with Crippen LogP contribution >= 0.6 is 15.9 Å². The Morgan fingerprint density at radius 3 is 2.67 bits per heavy atom. The van der Waals surface area contributed by atoms with Gasteiger partial charge >= 0.3 is 5.97 Å². The number of hydrogen-bond acceptors (Lipinski definition) is 4. The SMILES string of the molecule is CCCN(C)C(=O)c1ccc(Br)c(C(=O)OC)n1. The van der Waals surface area contributed by atoms with Crippen LogP contribution in [0.2, 0.25) is 0 Å². The molecule has 18 heavy (non-hydrogen) atoms. The van der Waals surface area contributed by atoms with Crippen molar-refractivity contribution in [3.8, 4) is 0 Å². The number of methoxy groups -OCH3 is 1. The number of esters is 1. The van der Waals surface area contributed by atoms with Gasteiger partial charge in [-0.2, -0.15) is 0 Å². The van der Waals surface area contributed by atoms with Gasteiger partial charge < -0.3 is 9.64 Å². The van der Waals surface area contributed by atoms with Crippen LogP contribution in [0, 0.1) is 0 Å². The molecule has 1 rings (SSSR count). The average molecular weight is 315 g/mol. The van der Waals surface area contributed by atoms with Gasteiger partial charge in [-0.3, -0.25) is 4.79 Å². The summed E-state index contributed by atoms with van der Waals surface area (Å²) >= 11 is 3.20. The molecule has 0 aliphatic rings. The Labute approximate surface area is 114 Å². The molecule has 6 heteroatoms. The van der Waals surface area contributed by atoms with E-state index in [0.29, 0.717) is 11.0 Å². The van der Waals surface area contributed by atoms with Crippen molar-refractivity contribution in [3.05, 3.63) is 28.0 Å². The second-order valence-corrected chi connectivity index (χ2v) is 4.60. The normalized spacial score (nSPS) is 10.0. The minimum absolute atomic E-state index is 0.105. The maximum absolute atomic E-state index is 12.0. The number of hydrogen-bond donors (Lipinski definition) is 0. The summed E-state index contributed by atoms with van der Waals surface area (Å²) in [6.45, 7) is 2.63. The van der Waals surface area contributed by atoms with Gasteiger partial charge in [-0.15, -0.1) is 0 Å². The third-order valence-corrected chi connectivity index (χ3v) is 2.99. The standard InChI is InChI=1S/C12H15BrN2O3/c1-4-7-15(2)11(16)9-6-5-8(13)10(14-9)12(17)18-3/h5-6H,4,7H2,1-3H3. The van der Waals surface area contributed by atoms with Gasteiger partial charge in [0.15, 0.2) is 5.69 Å².